The van der Waals surface area contributed by atoms with Crippen LogP contribution in [0.3, 0.4) is 0 Å². The second-order valence-electron chi connectivity index (χ2n) is 8.99. The van der Waals surface area contributed by atoms with E-state index in [0.29, 0.717) is 28.6 Å². The summed E-state index contributed by atoms with van der Waals surface area (Å²) in [7, 11) is -1.73. The van der Waals surface area contributed by atoms with Crippen molar-refractivity contribution in [2.24, 2.45) is 0 Å². The maximum atomic E-state index is 12.4. The fraction of sp³-hybridized carbons (Fsp3) is 0.296. The standard InChI is InChI=1S/C27H32N4O5S.ClH/c1-35-26-6-4-3-5-25(26)29-27(32)28-21-15-17-31(18-16-21)19-20-7-11-23(12-8-20)36-24-13-9-22(10-14-24)30-37(2,33)34;/h3-14,21,30H,15-19H2,1-2H3,(H2,28,29,32);1H. The van der Waals surface area contributed by atoms with Crippen molar-refractivity contribution in [3.05, 3.63) is 78.4 Å². The van der Waals surface area contributed by atoms with Crippen LogP contribution in [0.2, 0.25) is 0 Å². The zero-order chi connectivity index (χ0) is 26.3. The van der Waals surface area contributed by atoms with E-state index in [1.165, 1.54) is 5.56 Å². The molecule has 3 aromatic rings. The number of sulfonamides is 1. The zero-order valence-corrected chi connectivity index (χ0v) is 23.0. The van der Waals surface area contributed by atoms with Gasteiger partial charge < -0.3 is 20.1 Å². The summed E-state index contributed by atoms with van der Waals surface area (Å²) < 4.78 is 36.2. The molecule has 0 aliphatic carbocycles. The normalized spacial score (nSPS) is 14.2. The Morgan fingerprint density at radius 3 is 2.16 bits per heavy atom. The second-order valence-corrected chi connectivity index (χ2v) is 10.7. The fourth-order valence-electron chi connectivity index (χ4n) is 4.19. The second kappa shape index (κ2) is 13.4. The Hall–Kier alpha value is -3.47. The lowest BCUT2D eigenvalue weighted by Gasteiger charge is -2.32. The van der Waals surface area contributed by atoms with Gasteiger partial charge in [0, 0.05) is 31.4 Å². The summed E-state index contributed by atoms with van der Waals surface area (Å²) >= 11 is 0. The number of hydrogen-bond donors (Lipinski definition) is 3. The number of carbonyl (C=O) groups excluding carboxylic acids is 1. The van der Waals surface area contributed by atoms with Gasteiger partial charge >= 0.3 is 6.03 Å². The molecule has 0 saturated carbocycles. The summed E-state index contributed by atoms with van der Waals surface area (Å²) in [5, 5.41) is 5.93. The monoisotopic (exact) mass is 560 g/mol. The molecule has 4 rings (SSSR count). The lowest BCUT2D eigenvalue weighted by Crippen LogP contribution is -2.45. The first-order chi connectivity index (χ1) is 17.8. The molecule has 3 aromatic carbocycles. The number of nitrogens with one attached hydrogen (secondary N) is 3. The first-order valence-electron chi connectivity index (χ1n) is 12.0. The molecule has 1 saturated heterocycles. The van der Waals surface area contributed by atoms with Gasteiger partial charge in [0.05, 0.1) is 19.1 Å². The largest absolute Gasteiger partial charge is 0.495 e. The highest BCUT2D eigenvalue weighted by atomic mass is 35.5. The van der Waals surface area contributed by atoms with Gasteiger partial charge in [-0.25, -0.2) is 13.2 Å². The molecule has 204 valence electrons. The van der Waals surface area contributed by atoms with Crippen LogP contribution >= 0.6 is 12.4 Å². The number of ether oxygens (including phenoxy) is 2. The Kier molecular flexibility index (Phi) is 10.2. The molecule has 0 spiro atoms. The molecule has 1 fully saturated rings. The lowest BCUT2D eigenvalue weighted by atomic mass is 10.0. The molecule has 11 heteroatoms. The summed E-state index contributed by atoms with van der Waals surface area (Å²) in [6.07, 6.45) is 2.87. The van der Waals surface area contributed by atoms with E-state index in [9.17, 15) is 13.2 Å². The van der Waals surface area contributed by atoms with Gasteiger partial charge in [0.2, 0.25) is 10.0 Å². The van der Waals surface area contributed by atoms with Crippen molar-refractivity contribution >= 4 is 39.8 Å². The highest BCUT2D eigenvalue weighted by Gasteiger charge is 2.21. The van der Waals surface area contributed by atoms with E-state index in [-0.39, 0.29) is 24.5 Å². The van der Waals surface area contributed by atoms with Gasteiger partial charge in [-0.05, 0) is 66.9 Å². The quantitative estimate of drug-likeness (QED) is 0.337. The third kappa shape index (κ3) is 8.83. The van der Waals surface area contributed by atoms with Gasteiger partial charge in [0.25, 0.3) is 0 Å². The molecule has 1 aliphatic rings. The van der Waals surface area contributed by atoms with Crippen molar-refractivity contribution in [3.63, 3.8) is 0 Å². The summed E-state index contributed by atoms with van der Waals surface area (Å²) in [6.45, 7) is 2.61. The van der Waals surface area contributed by atoms with Gasteiger partial charge in [-0.15, -0.1) is 12.4 Å². The van der Waals surface area contributed by atoms with Gasteiger partial charge in [-0.2, -0.15) is 0 Å². The minimum atomic E-state index is -3.31. The van der Waals surface area contributed by atoms with E-state index in [1.54, 1.807) is 31.4 Å². The topological polar surface area (TPSA) is 109 Å². The Morgan fingerprint density at radius 1 is 0.947 bits per heavy atom. The summed E-state index contributed by atoms with van der Waals surface area (Å²) in [5.74, 6) is 1.95. The van der Waals surface area contributed by atoms with Gasteiger partial charge in [0.1, 0.15) is 17.2 Å². The number of carbonyl (C=O) groups is 1. The van der Waals surface area contributed by atoms with E-state index < -0.39 is 10.0 Å². The highest BCUT2D eigenvalue weighted by molar-refractivity contribution is 7.92. The number of halogens is 1. The summed E-state index contributed by atoms with van der Waals surface area (Å²) in [5.41, 5.74) is 2.31. The van der Waals surface area contributed by atoms with Crippen molar-refractivity contribution in [1.82, 2.24) is 10.2 Å². The van der Waals surface area contributed by atoms with Crippen molar-refractivity contribution in [2.75, 3.05) is 36.5 Å². The number of nitrogens with zero attached hydrogens (tertiary/aromatic N) is 1. The van der Waals surface area contributed by atoms with E-state index in [0.717, 1.165) is 38.7 Å². The molecule has 0 bridgehead atoms. The maximum Gasteiger partial charge on any atom is 0.319 e. The van der Waals surface area contributed by atoms with Crippen LogP contribution in [-0.4, -0.2) is 51.8 Å². The van der Waals surface area contributed by atoms with Crippen molar-refractivity contribution in [3.8, 4) is 17.2 Å². The molecule has 3 N–H and O–H groups in total. The molecular formula is C27H33ClN4O5S. The molecular weight excluding hydrogens is 528 g/mol. The van der Waals surface area contributed by atoms with Crippen molar-refractivity contribution in [1.29, 1.82) is 0 Å². The zero-order valence-electron chi connectivity index (χ0n) is 21.3. The molecule has 9 nitrogen and oxygen atoms in total. The highest BCUT2D eigenvalue weighted by Crippen LogP contribution is 2.25. The Labute approximate surface area is 230 Å². The SMILES string of the molecule is COc1ccccc1NC(=O)NC1CCN(Cc2ccc(Oc3ccc(NS(C)(=O)=O)cc3)cc2)CC1.Cl. The molecule has 0 radical (unpaired) electrons. The van der Waals surface area contributed by atoms with Crippen LogP contribution in [0.1, 0.15) is 18.4 Å². The van der Waals surface area contributed by atoms with Crippen LogP contribution in [0.5, 0.6) is 17.2 Å². The van der Waals surface area contributed by atoms with E-state index >= 15 is 0 Å². The minimum absolute atomic E-state index is 0. The number of rotatable bonds is 9. The lowest BCUT2D eigenvalue weighted by molar-refractivity contribution is 0.190. The fourth-order valence-corrected chi connectivity index (χ4v) is 4.75. The number of methoxy groups -OCH3 is 1. The molecule has 1 aliphatic heterocycles. The van der Waals surface area contributed by atoms with Crippen molar-refractivity contribution in [2.45, 2.75) is 25.4 Å². The van der Waals surface area contributed by atoms with Crippen LogP contribution in [0, 0.1) is 0 Å². The van der Waals surface area contributed by atoms with Gasteiger partial charge in [-0.3, -0.25) is 9.62 Å². The van der Waals surface area contributed by atoms with E-state index in [2.05, 4.69) is 20.3 Å². The number of urea groups is 1. The van der Waals surface area contributed by atoms with Crippen LogP contribution in [0.15, 0.2) is 72.8 Å². The first-order valence-corrected chi connectivity index (χ1v) is 13.9. The molecule has 2 amide bonds. The number of anilines is 2. The van der Waals surface area contributed by atoms with E-state index in [4.69, 9.17) is 9.47 Å². The average Bonchev–Trinajstić information content (AvgIpc) is 2.87. The minimum Gasteiger partial charge on any atom is -0.495 e. The number of likely N-dealkylation sites (tertiary alicyclic amines) is 1. The smallest absolute Gasteiger partial charge is 0.319 e. The van der Waals surface area contributed by atoms with E-state index in [1.807, 2.05) is 48.5 Å². The van der Waals surface area contributed by atoms with Crippen molar-refractivity contribution < 1.29 is 22.7 Å². The molecule has 0 unspecified atom stereocenters. The maximum absolute atomic E-state index is 12.4. The van der Waals surface area contributed by atoms with Crippen LogP contribution in [0.4, 0.5) is 16.2 Å². The third-order valence-corrected chi connectivity index (χ3v) is 6.61. The summed E-state index contributed by atoms with van der Waals surface area (Å²) in [4.78, 5) is 14.8. The molecule has 38 heavy (non-hydrogen) atoms. The van der Waals surface area contributed by atoms with Crippen LogP contribution in [0.25, 0.3) is 0 Å². The number of para-hydroxylation sites is 2. The predicted molar refractivity (Wildman–Crippen MR) is 152 cm³/mol. The predicted octanol–water partition coefficient (Wildman–Crippen LogP) is 5.07. The average molecular weight is 561 g/mol. The molecule has 0 atom stereocenters. The van der Waals surface area contributed by atoms with Crippen LogP contribution in [-0.2, 0) is 16.6 Å². The third-order valence-electron chi connectivity index (χ3n) is 6.00. The number of hydrogen-bond acceptors (Lipinski definition) is 6. The first kappa shape index (κ1) is 29.1. The Morgan fingerprint density at radius 2 is 1.55 bits per heavy atom. The molecule has 1 heterocycles. The number of piperidine rings is 1. The van der Waals surface area contributed by atoms with Crippen LogP contribution < -0.4 is 24.8 Å². The summed E-state index contributed by atoms with van der Waals surface area (Å²) in [6, 6.07) is 21.9. The number of amides is 2. The number of benzene rings is 3. The van der Waals surface area contributed by atoms with Gasteiger partial charge in [0.15, 0.2) is 0 Å². The Balaban J connectivity index is 0.00000400. The molecule has 0 aromatic heterocycles. The van der Waals surface area contributed by atoms with Gasteiger partial charge in [-0.1, -0.05) is 24.3 Å². The Bertz CT molecular complexity index is 1300.